The van der Waals surface area contributed by atoms with Crippen LogP contribution in [0.2, 0.25) is 0 Å². The normalized spacial score (nSPS) is 35.8. The van der Waals surface area contributed by atoms with Crippen LogP contribution in [0, 0.1) is 5.92 Å². The molecule has 1 fully saturated rings. The zero-order valence-electron chi connectivity index (χ0n) is 11.7. The van der Waals surface area contributed by atoms with Crippen LogP contribution >= 0.6 is 0 Å². The Kier molecular flexibility index (Phi) is 5.05. The maximum Gasteiger partial charge on any atom is 0.127 e. The third kappa shape index (κ3) is 3.82. The van der Waals surface area contributed by atoms with Crippen molar-refractivity contribution in [3.05, 3.63) is 12.2 Å². The molecule has 0 unspecified atom stereocenters. The molecule has 98 valence electrons. The number of piperazine rings is 1. The Morgan fingerprint density at radius 2 is 1.94 bits per heavy atom. The van der Waals surface area contributed by atoms with E-state index in [1.807, 2.05) is 9.80 Å². The van der Waals surface area contributed by atoms with Crippen LogP contribution in [-0.4, -0.2) is 38.8 Å². The molecule has 0 aromatic rings. The van der Waals surface area contributed by atoms with Gasteiger partial charge in [-0.15, -0.1) is 0 Å². The van der Waals surface area contributed by atoms with E-state index in [0.717, 1.165) is 12.0 Å². The molecule has 0 aromatic heterocycles. The summed E-state index contributed by atoms with van der Waals surface area (Å²) in [5.74, 6) is 0.972. The average molecular weight is 238 g/mol. The molecular weight excluding hydrogens is 208 g/mol. The summed E-state index contributed by atoms with van der Waals surface area (Å²) in [4.78, 5) is 3.72. The highest BCUT2D eigenvalue weighted by molar-refractivity contribution is 4.89. The first-order chi connectivity index (χ1) is 8.29. The molecule has 2 heteroatoms. The largest absolute Gasteiger partial charge is 0.325 e. The van der Waals surface area contributed by atoms with E-state index in [9.17, 15) is 0 Å². The minimum Gasteiger partial charge on any atom is -0.325 e. The predicted octanol–water partition coefficient (Wildman–Crippen LogP) is -0.0754. The molecule has 2 N–H and O–H groups in total. The standard InChI is InChI=1S/C15H28N2/c1-3-14(2)17-11-9-16(10-12-17)13-15-7-5-4-6-8-15/h4-5,14-15H,3,6-13H2,1-2H3/p+2/t14-,15-/m0/s1. The van der Waals surface area contributed by atoms with Gasteiger partial charge in [0, 0.05) is 5.92 Å². The van der Waals surface area contributed by atoms with Crippen LogP contribution < -0.4 is 9.80 Å². The molecule has 1 aliphatic carbocycles. The van der Waals surface area contributed by atoms with Crippen molar-refractivity contribution in [2.24, 2.45) is 5.92 Å². The molecule has 0 amide bonds. The van der Waals surface area contributed by atoms with E-state index < -0.39 is 0 Å². The van der Waals surface area contributed by atoms with Gasteiger partial charge in [0.25, 0.3) is 0 Å². The third-order valence-corrected chi connectivity index (χ3v) is 4.86. The van der Waals surface area contributed by atoms with Crippen molar-refractivity contribution in [2.75, 3.05) is 32.7 Å². The molecule has 17 heavy (non-hydrogen) atoms. The number of allylic oxidation sites excluding steroid dienone is 2. The van der Waals surface area contributed by atoms with Gasteiger partial charge in [0.05, 0.1) is 12.6 Å². The van der Waals surface area contributed by atoms with Crippen LogP contribution in [0.15, 0.2) is 12.2 Å². The first kappa shape index (κ1) is 13.1. The van der Waals surface area contributed by atoms with E-state index >= 15 is 0 Å². The lowest BCUT2D eigenvalue weighted by atomic mass is 9.94. The van der Waals surface area contributed by atoms with Gasteiger partial charge in [0.1, 0.15) is 26.2 Å². The molecule has 2 nitrogen and oxygen atoms in total. The van der Waals surface area contributed by atoms with Crippen molar-refractivity contribution in [3.63, 3.8) is 0 Å². The van der Waals surface area contributed by atoms with E-state index in [2.05, 4.69) is 26.0 Å². The molecule has 0 spiro atoms. The van der Waals surface area contributed by atoms with Crippen molar-refractivity contribution in [3.8, 4) is 0 Å². The average Bonchev–Trinajstić information content (AvgIpc) is 2.40. The number of nitrogens with one attached hydrogen (secondary N) is 2. The molecule has 0 bridgehead atoms. The molecule has 0 saturated carbocycles. The second-order valence-corrected chi connectivity index (χ2v) is 6.07. The molecule has 1 heterocycles. The lowest BCUT2D eigenvalue weighted by molar-refractivity contribution is -1.02. The fraction of sp³-hybridized carbons (Fsp3) is 0.867. The molecule has 2 atom stereocenters. The summed E-state index contributed by atoms with van der Waals surface area (Å²) in [6.45, 7) is 11.8. The topological polar surface area (TPSA) is 8.88 Å². The highest BCUT2D eigenvalue weighted by atomic mass is 15.3. The van der Waals surface area contributed by atoms with Gasteiger partial charge in [-0.3, -0.25) is 0 Å². The van der Waals surface area contributed by atoms with Crippen molar-refractivity contribution >= 4 is 0 Å². The summed E-state index contributed by atoms with van der Waals surface area (Å²) in [7, 11) is 0. The van der Waals surface area contributed by atoms with E-state index in [0.29, 0.717) is 0 Å². The van der Waals surface area contributed by atoms with E-state index in [1.54, 1.807) is 0 Å². The highest BCUT2D eigenvalue weighted by Gasteiger charge is 2.27. The number of quaternary nitrogens is 2. The first-order valence-corrected chi connectivity index (χ1v) is 7.62. The lowest BCUT2D eigenvalue weighted by Gasteiger charge is -2.34. The zero-order chi connectivity index (χ0) is 12.1. The van der Waals surface area contributed by atoms with Gasteiger partial charge in [0.2, 0.25) is 0 Å². The molecule has 0 aromatic carbocycles. The Morgan fingerprint density at radius 3 is 2.53 bits per heavy atom. The molecule has 2 aliphatic rings. The Labute approximate surface area is 107 Å². The molecule has 0 radical (unpaired) electrons. The van der Waals surface area contributed by atoms with Crippen LogP contribution in [0.25, 0.3) is 0 Å². The van der Waals surface area contributed by atoms with Gasteiger partial charge >= 0.3 is 0 Å². The maximum atomic E-state index is 2.41. The van der Waals surface area contributed by atoms with Gasteiger partial charge in [-0.2, -0.15) is 0 Å². The maximum absolute atomic E-state index is 2.41. The van der Waals surface area contributed by atoms with E-state index in [1.165, 1.54) is 58.4 Å². The van der Waals surface area contributed by atoms with Crippen LogP contribution in [0.4, 0.5) is 0 Å². The van der Waals surface area contributed by atoms with Gasteiger partial charge in [-0.05, 0) is 32.6 Å². The second-order valence-electron chi connectivity index (χ2n) is 6.07. The summed E-state index contributed by atoms with van der Waals surface area (Å²) in [6.07, 6.45) is 10.2. The van der Waals surface area contributed by atoms with Crippen LogP contribution in [0.1, 0.15) is 39.5 Å². The van der Waals surface area contributed by atoms with Gasteiger partial charge < -0.3 is 9.80 Å². The van der Waals surface area contributed by atoms with Crippen molar-refractivity contribution in [2.45, 2.75) is 45.6 Å². The van der Waals surface area contributed by atoms with Gasteiger partial charge in [-0.25, -0.2) is 0 Å². The number of hydrogen-bond acceptors (Lipinski definition) is 0. The predicted molar refractivity (Wildman–Crippen MR) is 72.5 cm³/mol. The third-order valence-electron chi connectivity index (χ3n) is 4.86. The molecular formula is C15H30N2+2. The SMILES string of the molecule is CC[C@H](C)[NH+]1CC[NH+](C[C@H]2CC=CCC2)CC1. The van der Waals surface area contributed by atoms with Crippen LogP contribution in [0.5, 0.6) is 0 Å². The minimum absolute atomic E-state index is 0.870. The fourth-order valence-electron chi connectivity index (χ4n) is 3.36. The fourth-order valence-corrected chi connectivity index (χ4v) is 3.36. The van der Waals surface area contributed by atoms with Crippen molar-refractivity contribution in [1.82, 2.24) is 0 Å². The van der Waals surface area contributed by atoms with E-state index in [4.69, 9.17) is 0 Å². The Bertz CT molecular complexity index is 241. The van der Waals surface area contributed by atoms with E-state index in [-0.39, 0.29) is 0 Å². The lowest BCUT2D eigenvalue weighted by Crippen LogP contribution is -3.29. The minimum atomic E-state index is 0.870. The van der Waals surface area contributed by atoms with Gasteiger partial charge in [0.15, 0.2) is 0 Å². The molecule has 1 aliphatic heterocycles. The van der Waals surface area contributed by atoms with Crippen molar-refractivity contribution in [1.29, 1.82) is 0 Å². The number of rotatable bonds is 4. The van der Waals surface area contributed by atoms with Crippen molar-refractivity contribution < 1.29 is 9.80 Å². The van der Waals surface area contributed by atoms with Gasteiger partial charge in [-0.1, -0.05) is 19.1 Å². The summed E-state index contributed by atoms with van der Waals surface area (Å²) >= 11 is 0. The Balaban J connectivity index is 1.70. The smallest absolute Gasteiger partial charge is 0.127 e. The summed E-state index contributed by atoms with van der Waals surface area (Å²) in [5, 5.41) is 0. The zero-order valence-corrected chi connectivity index (χ0v) is 11.7. The Morgan fingerprint density at radius 1 is 1.18 bits per heavy atom. The molecule has 1 saturated heterocycles. The molecule has 2 rings (SSSR count). The van der Waals surface area contributed by atoms with Crippen LogP contribution in [-0.2, 0) is 0 Å². The summed E-state index contributed by atoms with van der Waals surface area (Å²) in [6, 6.07) is 0.870. The quantitative estimate of drug-likeness (QED) is 0.634. The second kappa shape index (κ2) is 6.55. The monoisotopic (exact) mass is 238 g/mol. The highest BCUT2D eigenvalue weighted by Crippen LogP contribution is 2.15. The Hall–Kier alpha value is -0.340. The summed E-state index contributed by atoms with van der Waals surface area (Å²) < 4.78 is 0. The van der Waals surface area contributed by atoms with Crippen LogP contribution in [0.3, 0.4) is 0 Å². The first-order valence-electron chi connectivity index (χ1n) is 7.62. The summed E-state index contributed by atoms with van der Waals surface area (Å²) in [5.41, 5.74) is 0. The number of hydrogen-bond donors (Lipinski definition) is 2.